The molecule has 1 spiro atoms. The van der Waals surface area contributed by atoms with Crippen LogP contribution in [0, 0.1) is 17.2 Å². The maximum Gasteiger partial charge on any atom is 0.417 e. The van der Waals surface area contributed by atoms with Crippen LogP contribution in [0.5, 0.6) is 0 Å². The number of hydrogen-bond acceptors (Lipinski definition) is 3. The van der Waals surface area contributed by atoms with Crippen molar-refractivity contribution in [3.8, 4) is 6.07 Å². The molecule has 0 N–H and O–H groups in total. The van der Waals surface area contributed by atoms with Crippen molar-refractivity contribution < 1.29 is 22.6 Å². The Kier molecular flexibility index (Phi) is 2.84. The molecule has 16 heavy (non-hydrogen) atoms. The van der Waals surface area contributed by atoms with Crippen LogP contribution in [0.3, 0.4) is 0 Å². The third-order valence-electron chi connectivity index (χ3n) is 3.15. The second-order valence-corrected chi connectivity index (χ2v) is 4.27. The summed E-state index contributed by atoms with van der Waals surface area (Å²) < 4.78 is 47.3. The van der Waals surface area contributed by atoms with Gasteiger partial charge in [-0.25, -0.2) is 0 Å². The number of ether oxygens (including phenoxy) is 2. The van der Waals surface area contributed by atoms with Crippen LogP contribution >= 0.6 is 0 Å². The van der Waals surface area contributed by atoms with Crippen LogP contribution in [0.4, 0.5) is 13.2 Å². The zero-order valence-corrected chi connectivity index (χ0v) is 8.59. The van der Waals surface area contributed by atoms with Crippen LogP contribution in [0.25, 0.3) is 0 Å². The lowest BCUT2D eigenvalue weighted by Crippen LogP contribution is -2.38. The number of halogens is 3. The van der Waals surface area contributed by atoms with E-state index in [1.54, 1.807) is 0 Å². The number of nitriles is 1. The average molecular weight is 235 g/mol. The Hall–Kier alpha value is -0.800. The molecule has 1 aliphatic carbocycles. The molecule has 0 aromatic rings. The predicted octanol–water partition coefficient (Wildman–Crippen LogP) is 2.37. The maximum absolute atomic E-state index is 12.4. The third-order valence-corrected chi connectivity index (χ3v) is 3.15. The standard InChI is InChI=1S/C10H12F3NO2/c11-10(12,13)8-6-15-9(16-8)3-1-7(5-14)2-4-9/h7-8H,1-4,6H2. The van der Waals surface area contributed by atoms with E-state index in [0.29, 0.717) is 25.7 Å². The van der Waals surface area contributed by atoms with Crippen molar-refractivity contribution >= 4 is 0 Å². The van der Waals surface area contributed by atoms with Crippen molar-refractivity contribution in [3.05, 3.63) is 0 Å². The highest BCUT2D eigenvalue weighted by Crippen LogP contribution is 2.43. The lowest BCUT2D eigenvalue weighted by atomic mass is 9.86. The number of rotatable bonds is 0. The first-order valence-corrected chi connectivity index (χ1v) is 5.23. The zero-order valence-electron chi connectivity index (χ0n) is 8.59. The van der Waals surface area contributed by atoms with E-state index in [1.807, 2.05) is 0 Å². The van der Waals surface area contributed by atoms with Crippen molar-refractivity contribution in [3.63, 3.8) is 0 Å². The maximum atomic E-state index is 12.4. The predicted molar refractivity (Wildman–Crippen MR) is 47.2 cm³/mol. The lowest BCUT2D eigenvalue weighted by molar-refractivity contribution is -0.251. The molecule has 0 aromatic carbocycles. The Morgan fingerprint density at radius 3 is 2.31 bits per heavy atom. The molecule has 1 saturated carbocycles. The SMILES string of the molecule is N#CC1CCC2(CC1)OCC(C(F)(F)F)O2. The summed E-state index contributed by atoms with van der Waals surface area (Å²) in [4.78, 5) is 0. The molecule has 2 fully saturated rings. The van der Waals surface area contributed by atoms with Gasteiger partial charge in [-0.1, -0.05) is 0 Å². The van der Waals surface area contributed by atoms with Crippen molar-refractivity contribution in [2.24, 2.45) is 5.92 Å². The second kappa shape index (κ2) is 3.90. The van der Waals surface area contributed by atoms with Crippen molar-refractivity contribution in [2.45, 2.75) is 43.8 Å². The van der Waals surface area contributed by atoms with Gasteiger partial charge in [0.25, 0.3) is 0 Å². The van der Waals surface area contributed by atoms with E-state index < -0.39 is 24.7 Å². The van der Waals surface area contributed by atoms with Crippen LogP contribution in [0.1, 0.15) is 25.7 Å². The van der Waals surface area contributed by atoms with Gasteiger partial charge in [0, 0.05) is 18.8 Å². The molecule has 1 heterocycles. The van der Waals surface area contributed by atoms with Crippen LogP contribution < -0.4 is 0 Å². The van der Waals surface area contributed by atoms with Gasteiger partial charge in [-0.2, -0.15) is 18.4 Å². The second-order valence-electron chi connectivity index (χ2n) is 4.27. The minimum atomic E-state index is -4.37. The minimum absolute atomic E-state index is 0.0808. The van der Waals surface area contributed by atoms with E-state index in [0.717, 1.165) is 0 Å². The van der Waals surface area contributed by atoms with Gasteiger partial charge < -0.3 is 9.47 Å². The quantitative estimate of drug-likeness (QED) is 0.647. The Balaban J connectivity index is 1.96. The van der Waals surface area contributed by atoms with Gasteiger partial charge >= 0.3 is 6.18 Å². The average Bonchev–Trinajstić information content (AvgIpc) is 2.63. The van der Waals surface area contributed by atoms with E-state index in [4.69, 9.17) is 14.7 Å². The Bertz CT molecular complexity index is 302. The highest BCUT2D eigenvalue weighted by Gasteiger charge is 2.53. The van der Waals surface area contributed by atoms with Crippen LogP contribution in [0.2, 0.25) is 0 Å². The summed E-state index contributed by atoms with van der Waals surface area (Å²) in [6.45, 7) is -0.430. The molecular weight excluding hydrogens is 223 g/mol. The highest BCUT2D eigenvalue weighted by atomic mass is 19.4. The normalized spacial score (nSPS) is 39.9. The van der Waals surface area contributed by atoms with Crippen molar-refractivity contribution in [1.82, 2.24) is 0 Å². The molecule has 1 unspecified atom stereocenters. The Morgan fingerprint density at radius 1 is 1.25 bits per heavy atom. The van der Waals surface area contributed by atoms with Crippen molar-refractivity contribution in [1.29, 1.82) is 5.26 Å². The third kappa shape index (κ3) is 2.15. The Labute approximate surface area is 91.1 Å². The highest BCUT2D eigenvalue weighted by molar-refractivity contribution is 4.93. The zero-order chi connectivity index (χ0) is 11.8. The summed E-state index contributed by atoms with van der Waals surface area (Å²) in [5.41, 5.74) is 0. The first-order chi connectivity index (χ1) is 7.45. The summed E-state index contributed by atoms with van der Waals surface area (Å²) in [5, 5.41) is 8.69. The monoisotopic (exact) mass is 235 g/mol. The van der Waals surface area contributed by atoms with E-state index in [1.165, 1.54) is 0 Å². The van der Waals surface area contributed by atoms with Gasteiger partial charge in [0.2, 0.25) is 0 Å². The Morgan fingerprint density at radius 2 is 1.88 bits per heavy atom. The molecule has 0 amide bonds. The molecule has 2 aliphatic rings. The van der Waals surface area contributed by atoms with Crippen molar-refractivity contribution in [2.75, 3.05) is 6.61 Å². The van der Waals surface area contributed by atoms with Gasteiger partial charge in [-0.3, -0.25) is 0 Å². The summed E-state index contributed by atoms with van der Waals surface area (Å²) in [6.07, 6.45) is -4.35. The smallest absolute Gasteiger partial charge is 0.347 e. The first kappa shape index (κ1) is 11.7. The fraction of sp³-hybridized carbons (Fsp3) is 0.900. The van der Waals surface area contributed by atoms with Gasteiger partial charge in [-0.05, 0) is 12.8 Å². The summed E-state index contributed by atoms with van der Waals surface area (Å²) >= 11 is 0. The molecule has 6 heteroatoms. The molecule has 90 valence electrons. The molecule has 2 rings (SSSR count). The summed E-state index contributed by atoms with van der Waals surface area (Å²) in [5.74, 6) is -1.17. The number of nitrogens with zero attached hydrogens (tertiary/aromatic N) is 1. The van der Waals surface area contributed by atoms with Crippen LogP contribution in [-0.4, -0.2) is 24.7 Å². The fourth-order valence-corrected chi connectivity index (χ4v) is 2.17. The largest absolute Gasteiger partial charge is 0.417 e. The molecule has 0 radical (unpaired) electrons. The molecule has 0 bridgehead atoms. The van der Waals surface area contributed by atoms with Crippen LogP contribution in [0.15, 0.2) is 0 Å². The molecule has 1 atom stereocenters. The fourth-order valence-electron chi connectivity index (χ4n) is 2.17. The van der Waals surface area contributed by atoms with Gasteiger partial charge in [0.15, 0.2) is 11.9 Å². The molecule has 1 saturated heterocycles. The first-order valence-electron chi connectivity index (χ1n) is 5.23. The number of hydrogen-bond donors (Lipinski definition) is 0. The molecule has 3 nitrogen and oxygen atoms in total. The minimum Gasteiger partial charge on any atom is -0.347 e. The van der Waals surface area contributed by atoms with Gasteiger partial charge in [-0.15, -0.1) is 0 Å². The van der Waals surface area contributed by atoms with Gasteiger partial charge in [0.1, 0.15) is 0 Å². The summed E-state index contributed by atoms with van der Waals surface area (Å²) in [7, 11) is 0. The lowest BCUT2D eigenvalue weighted by Gasteiger charge is -2.33. The molecule has 1 aliphatic heterocycles. The van der Waals surface area contributed by atoms with E-state index in [-0.39, 0.29) is 5.92 Å². The van der Waals surface area contributed by atoms with Crippen LogP contribution in [-0.2, 0) is 9.47 Å². The molecular formula is C10H12F3NO2. The van der Waals surface area contributed by atoms with E-state index in [2.05, 4.69) is 6.07 Å². The number of alkyl halides is 3. The topological polar surface area (TPSA) is 42.2 Å². The van der Waals surface area contributed by atoms with E-state index >= 15 is 0 Å². The van der Waals surface area contributed by atoms with E-state index in [9.17, 15) is 13.2 Å². The summed E-state index contributed by atoms with van der Waals surface area (Å²) in [6, 6.07) is 2.12. The van der Waals surface area contributed by atoms with Gasteiger partial charge in [0.05, 0.1) is 12.7 Å². The molecule has 0 aromatic heterocycles.